The van der Waals surface area contributed by atoms with Gasteiger partial charge in [0.1, 0.15) is 5.82 Å². The van der Waals surface area contributed by atoms with Crippen molar-refractivity contribution >= 4 is 23.4 Å². The molecule has 20 heavy (non-hydrogen) atoms. The number of aliphatic carboxylic acids is 1. The third-order valence-corrected chi connectivity index (χ3v) is 3.74. The van der Waals surface area contributed by atoms with Crippen LogP contribution in [0.1, 0.15) is 19.3 Å². The SMILES string of the molecule is O=C(O)CCN(CCN1CCCC1)c1ccc(Cl)cn1. The Morgan fingerprint density at radius 2 is 2.10 bits per heavy atom. The molecule has 0 atom stereocenters. The van der Waals surface area contributed by atoms with E-state index >= 15 is 0 Å². The van der Waals surface area contributed by atoms with Crippen LogP contribution in [-0.2, 0) is 4.79 Å². The van der Waals surface area contributed by atoms with Crippen molar-refractivity contribution in [2.24, 2.45) is 0 Å². The fourth-order valence-corrected chi connectivity index (χ4v) is 2.51. The summed E-state index contributed by atoms with van der Waals surface area (Å²) in [7, 11) is 0. The molecule has 0 aromatic carbocycles. The first-order valence-corrected chi connectivity index (χ1v) is 7.33. The molecule has 1 saturated heterocycles. The number of hydrogen-bond acceptors (Lipinski definition) is 4. The largest absolute Gasteiger partial charge is 0.481 e. The standard InChI is InChI=1S/C14H20ClN3O2/c15-12-3-4-13(16-11-12)18(8-5-14(19)20)10-9-17-6-1-2-7-17/h3-4,11H,1-2,5-10H2,(H,19,20). The molecule has 2 heterocycles. The van der Waals surface area contributed by atoms with Gasteiger partial charge in [0.15, 0.2) is 0 Å². The van der Waals surface area contributed by atoms with Gasteiger partial charge in [-0.3, -0.25) is 4.79 Å². The Balaban J connectivity index is 1.95. The van der Waals surface area contributed by atoms with Crippen molar-refractivity contribution in [1.82, 2.24) is 9.88 Å². The Morgan fingerprint density at radius 3 is 2.70 bits per heavy atom. The Hall–Kier alpha value is -1.33. The van der Waals surface area contributed by atoms with Crippen molar-refractivity contribution in [3.63, 3.8) is 0 Å². The van der Waals surface area contributed by atoms with Gasteiger partial charge in [0.05, 0.1) is 11.4 Å². The molecule has 2 rings (SSSR count). The molecule has 0 amide bonds. The molecule has 0 bridgehead atoms. The minimum Gasteiger partial charge on any atom is -0.481 e. The maximum Gasteiger partial charge on any atom is 0.305 e. The van der Waals surface area contributed by atoms with E-state index in [-0.39, 0.29) is 6.42 Å². The minimum atomic E-state index is -0.787. The highest BCUT2D eigenvalue weighted by atomic mass is 35.5. The fraction of sp³-hybridized carbons (Fsp3) is 0.571. The van der Waals surface area contributed by atoms with Crippen molar-refractivity contribution < 1.29 is 9.90 Å². The van der Waals surface area contributed by atoms with E-state index in [1.807, 2.05) is 11.0 Å². The van der Waals surface area contributed by atoms with Gasteiger partial charge in [-0.1, -0.05) is 11.6 Å². The topological polar surface area (TPSA) is 56.7 Å². The first-order chi connectivity index (χ1) is 9.65. The monoisotopic (exact) mass is 297 g/mol. The number of carbonyl (C=O) groups is 1. The molecule has 1 aromatic rings. The summed E-state index contributed by atoms with van der Waals surface area (Å²) in [5, 5.41) is 9.44. The summed E-state index contributed by atoms with van der Waals surface area (Å²) in [6.07, 6.45) is 4.23. The van der Waals surface area contributed by atoms with E-state index in [0.717, 1.165) is 32.0 Å². The van der Waals surface area contributed by atoms with Crippen molar-refractivity contribution in [2.45, 2.75) is 19.3 Å². The van der Waals surface area contributed by atoms with Crippen LogP contribution < -0.4 is 4.90 Å². The molecule has 1 aromatic heterocycles. The van der Waals surface area contributed by atoms with Gasteiger partial charge >= 0.3 is 5.97 Å². The average molecular weight is 298 g/mol. The van der Waals surface area contributed by atoms with Gasteiger partial charge in [-0.25, -0.2) is 4.98 Å². The molecule has 6 heteroatoms. The highest BCUT2D eigenvalue weighted by Gasteiger charge is 2.15. The summed E-state index contributed by atoms with van der Waals surface area (Å²) in [6, 6.07) is 3.63. The summed E-state index contributed by atoms with van der Waals surface area (Å²) in [5.41, 5.74) is 0. The number of carboxylic acids is 1. The minimum absolute atomic E-state index is 0.115. The number of carboxylic acid groups (broad SMARTS) is 1. The number of halogens is 1. The van der Waals surface area contributed by atoms with Gasteiger partial charge in [-0.2, -0.15) is 0 Å². The molecule has 0 aliphatic carbocycles. The van der Waals surface area contributed by atoms with E-state index in [0.29, 0.717) is 11.6 Å². The number of hydrogen-bond donors (Lipinski definition) is 1. The van der Waals surface area contributed by atoms with Gasteiger partial charge in [0.2, 0.25) is 0 Å². The molecular weight excluding hydrogens is 278 g/mol. The van der Waals surface area contributed by atoms with Crippen molar-refractivity contribution in [3.8, 4) is 0 Å². The predicted molar refractivity (Wildman–Crippen MR) is 79.4 cm³/mol. The molecule has 0 spiro atoms. The lowest BCUT2D eigenvalue weighted by Gasteiger charge is -2.25. The Bertz CT molecular complexity index is 433. The molecule has 5 nitrogen and oxygen atoms in total. The fourth-order valence-electron chi connectivity index (χ4n) is 2.39. The van der Waals surface area contributed by atoms with Crippen LogP contribution in [0, 0.1) is 0 Å². The number of pyridine rings is 1. The molecule has 0 radical (unpaired) electrons. The maximum atomic E-state index is 10.8. The second kappa shape index (κ2) is 7.45. The molecular formula is C14H20ClN3O2. The zero-order valence-corrected chi connectivity index (χ0v) is 12.2. The van der Waals surface area contributed by atoms with Crippen LogP contribution in [0.15, 0.2) is 18.3 Å². The van der Waals surface area contributed by atoms with Gasteiger partial charge in [-0.15, -0.1) is 0 Å². The van der Waals surface area contributed by atoms with Crippen LogP contribution in [-0.4, -0.2) is 53.7 Å². The third-order valence-electron chi connectivity index (χ3n) is 3.52. The molecule has 0 unspecified atom stereocenters. The van der Waals surface area contributed by atoms with Crippen LogP contribution in [0.25, 0.3) is 0 Å². The van der Waals surface area contributed by atoms with E-state index < -0.39 is 5.97 Å². The lowest BCUT2D eigenvalue weighted by Crippen LogP contribution is -2.35. The highest BCUT2D eigenvalue weighted by Crippen LogP contribution is 2.15. The second-order valence-corrected chi connectivity index (χ2v) is 5.45. The quantitative estimate of drug-likeness (QED) is 0.835. The zero-order chi connectivity index (χ0) is 14.4. The Morgan fingerprint density at radius 1 is 1.35 bits per heavy atom. The number of aromatic nitrogens is 1. The predicted octanol–water partition coefficient (Wildman–Crippen LogP) is 2.11. The molecule has 1 aliphatic rings. The molecule has 0 saturated carbocycles. The van der Waals surface area contributed by atoms with E-state index in [9.17, 15) is 4.79 Å². The second-order valence-electron chi connectivity index (χ2n) is 5.01. The summed E-state index contributed by atoms with van der Waals surface area (Å²) < 4.78 is 0. The maximum absolute atomic E-state index is 10.8. The molecule has 1 aliphatic heterocycles. The van der Waals surface area contributed by atoms with E-state index in [4.69, 9.17) is 16.7 Å². The van der Waals surface area contributed by atoms with Gasteiger partial charge in [0, 0.05) is 25.8 Å². The average Bonchev–Trinajstić information content (AvgIpc) is 2.93. The number of likely N-dealkylation sites (tertiary alicyclic amines) is 1. The zero-order valence-electron chi connectivity index (χ0n) is 11.5. The van der Waals surface area contributed by atoms with E-state index in [1.54, 1.807) is 12.3 Å². The summed E-state index contributed by atoms with van der Waals surface area (Å²) >= 11 is 5.84. The lowest BCUT2D eigenvalue weighted by molar-refractivity contribution is -0.136. The third kappa shape index (κ3) is 4.65. The Kier molecular flexibility index (Phi) is 5.61. The first kappa shape index (κ1) is 15.1. The Labute approximate surface area is 124 Å². The van der Waals surface area contributed by atoms with E-state index in [1.165, 1.54) is 12.8 Å². The van der Waals surface area contributed by atoms with Crippen molar-refractivity contribution in [3.05, 3.63) is 23.4 Å². The number of anilines is 1. The summed E-state index contributed by atoms with van der Waals surface area (Å²) in [4.78, 5) is 19.5. The normalized spacial score (nSPS) is 15.4. The number of rotatable bonds is 7. The summed E-state index contributed by atoms with van der Waals surface area (Å²) in [6.45, 7) is 4.49. The molecule has 110 valence electrons. The van der Waals surface area contributed by atoms with Crippen LogP contribution in [0.5, 0.6) is 0 Å². The van der Waals surface area contributed by atoms with Crippen molar-refractivity contribution in [2.75, 3.05) is 37.6 Å². The van der Waals surface area contributed by atoms with Crippen molar-refractivity contribution in [1.29, 1.82) is 0 Å². The van der Waals surface area contributed by atoms with Crippen LogP contribution in [0.2, 0.25) is 5.02 Å². The first-order valence-electron chi connectivity index (χ1n) is 6.96. The van der Waals surface area contributed by atoms with Gasteiger partial charge in [-0.05, 0) is 38.1 Å². The molecule has 1 N–H and O–H groups in total. The highest BCUT2D eigenvalue weighted by molar-refractivity contribution is 6.30. The lowest BCUT2D eigenvalue weighted by atomic mass is 10.3. The van der Waals surface area contributed by atoms with Gasteiger partial charge in [0.25, 0.3) is 0 Å². The van der Waals surface area contributed by atoms with Crippen LogP contribution >= 0.6 is 11.6 Å². The van der Waals surface area contributed by atoms with E-state index in [2.05, 4.69) is 9.88 Å². The molecule has 1 fully saturated rings. The van der Waals surface area contributed by atoms with Crippen LogP contribution in [0.4, 0.5) is 5.82 Å². The summed E-state index contributed by atoms with van der Waals surface area (Å²) in [5.74, 6) is -0.0000158. The van der Waals surface area contributed by atoms with Crippen LogP contribution in [0.3, 0.4) is 0 Å². The smallest absolute Gasteiger partial charge is 0.305 e. The van der Waals surface area contributed by atoms with Gasteiger partial charge < -0.3 is 14.9 Å². The number of nitrogens with zero attached hydrogens (tertiary/aromatic N) is 3.